The largest absolute Gasteiger partial charge is 0.451 e. The summed E-state index contributed by atoms with van der Waals surface area (Å²) in [6.45, 7) is 3.61. The van der Waals surface area contributed by atoms with Gasteiger partial charge in [0.1, 0.15) is 17.6 Å². The summed E-state index contributed by atoms with van der Waals surface area (Å²) < 4.78 is 33.2. The van der Waals surface area contributed by atoms with Crippen LogP contribution in [0.3, 0.4) is 0 Å². The number of H-pyrrole nitrogens is 1. The predicted molar refractivity (Wildman–Crippen MR) is 119 cm³/mol. The maximum absolute atomic E-state index is 14.6. The first-order valence-corrected chi connectivity index (χ1v) is 11.0. The van der Waals surface area contributed by atoms with Crippen LogP contribution in [0.25, 0.3) is 11.3 Å². The molecule has 0 aliphatic heterocycles. The zero-order valence-electron chi connectivity index (χ0n) is 18.1. The maximum Gasteiger partial charge on any atom is 0.287 e. The number of aromatic nitrogens is 2. The Morgan fingerprint density at radius 3 is 2.58 bits per heavy atom. The lowest BCUT2D eigenvalue weighted by atomic mass is 10.0. The van der Waals surface area contributed by atoms with Gasteiger partial charge in [-0.05, 0) is 29.7 Å². The lowest BCUT2D eigenvalue weighted by Crippen LogP contribution is -2.48. The van der Waals surface area contributed by atoms with Gasteiger partial charge in [0.2, 0.25) is 11.7 Å². The second-order valence-corrected chi connectivity index (χ2v) is 8.40. The fourth-order valence-corrected chi connectivity index (χ4v) is 3.74. The minimum absolute atomic E-state index is 0.00840. The number of likely N-dealkylation sites (N-methyl/N-ethyl adjacent to an activating group) is 1. The third-order valence-electron chi connectivity index (χ3n) is 4.75. The summed E-state index contributed by atoms with van der Waals surface area (Å²) in [5.74, 6) is -2.09. The minimum Gasteiger partial charge on any atom is -0.451 e. The number of hydrogen-bond donors (Lipinski definition) is 3. The average molecular weight is 477 g/mol. The Balaban J connectivity index is 1.70. The zero-order chi connectivity index (χ0) is 24.1. The Morgan fingerprint density at radius 1 is 1.18 bits per heavy atom. The molecular weight excluding hydrogens is 454 g/mol. The van der Waals surface area contributed by atoms with Crippen LogP contribution < -0.4 is 16.2 Å². The summed E-state index contributed by atoms with van der Waals surface area (Å²) in [4.78, 5) is 41.8. The highest BCUT2D eigenvalue weighted by Crippen LogP contribution is 2.27. The second-order valence-electron chi connectivity index (χ2n) is 7.43. The van der Waals surface area contributed by atoms with Crippen molar-refractivity contribution in [1.82, 2.24) is 20.6 Å². The number of carbonyl (C=O) groups excluding carboxylic acids is 2. The van der Waals surface area contributed by atoms with Gasteiger partial charge >= 0.3 is 0 Å². The fraction of sp³-hybridized carbons (Fsp3) is 0.273. The van der Waals surface area contributed by atoms with Crippen molar-refractivity contribution < 1.29 is 22.8 Å². The number of furan rings is 1. The molecule has 0 aliphatic rings. The molecular formula is C22H22F2N4O4S. The van der Waals surface area contributed by atoms with Gasteiger partial charge in [-0.1, -0.05) is 37.7 Å². The van der Waals surface area contributed by atoms with Gasteiger partial charge in [-0.2, -0.15) is 4.39 Å². The van der Waals surface area contributed by atoms with Gasteiger partial charge in [0.25, 0.3) is 11.5 Å². The molecule has 0 bridgehead atoms. The van der Waals surface area contributed by atoms with Crippen LogP contribution in [-0.4, -0.2) is 34.9 Å². The monoisotopic (exact) mass is 476 g/mol. The quantitative estimate of drug-likeness (QED) is 0.340. The van der Waals surface area contributed by atoms with Crippen molar-refractivity contribution in [1.29, 1.82) is 0 Å². The molecule has 0 spiro atoms. The summed E-state index contributed by atoms with van der Waals surface area (Å²) in [5.41, 5.74) is -0.137. The molecule has 1 atom stereocenters. The van der Waals surface area contributed by atoms with Crippen LogP contribution in [0.2, 0.25) is 0 Å². The molecule has 8 nitrogen and oxygen atoms in total. The van der Waals surface area contributed by atoms with E-state index in [1.807, 2.05) is 0 Å². The van der Waals surface area contributed by atoms with Crippen LogP contribution >= 0.6 is 11.8 Å². The number of rotatable bonds is 8. The standard InChI is InChI=1S/C22H22F2N4O4S/c1-11(2)18(21(31)25-3)27-20(30)17-7-6-16(32-17)12-4-5-13(14(23)8-12)10-33-22-26-9-15(24)19(29)28-22/h4-9,11,18H,10H2,1-3H3,(H,25,31)(H,27,30)(H,26,28,29)/t18-/m0/s1. The maximum atomic E-state index is 14.6. The molecule has 0 aliphatic carbocycles. The van der Waals surface area contributed by atoms with E-state index >= 15 is 0 Å². The predicted octanol–water partition coefficient (Wildman–Crippen LogP) is 3.10. The van der Waals surface area contributed by atoms with Gasteiger partial charge in [-0.3, -0.25) is 19.4 Å². The highest BCUT2D eigenvalue weighted by atomic mass is 32.2. The fourth-order valence-electron chi connectivity index (χ4n) is 2.92. The number of amides is 2. The Bertz CT molecular complexity index is 1230. The second kappa shape index (κ2) is 10.4. The van der Waals surface area contributed by atoms with Gasteiger partial charge in [0.15, 0.2) is 10.9 Å². The molecule has 0 saturated carbocycles. The molecule has 3 rings (SSSR count). The summed E-state index contributed by atoms with van der Waals surface area (Å²) in [6, 6.07) is 6.69. The van der Waals surface area contributed by atoms with E-state index in [2.05, 4.69) is 20.6 Å². The molecule has 2 aromatic heterocycles. The van der Waals surface area contributed by atoms with Crippen molar-refractivity contribution in [3.63, 3.8) is 0 Å². The van der Waals surface area contributed by atoms with Crippen LogP contribution in [0, 0.1) is 17.6 Å². The molecule has 11 heteroatoms. The summed E-state index contributed by atoms with van der Waals surface area (Å²) in [7, 11) is 1.49. The summed E-state index contributed by atoms with van der Waals surface area (Å²) in [5, 5.41) is 5.31. The lowest BCUT2D eigenvalue weighted by molar-refractivity contribution is -0.123. The Morgan fingerprint density at radius 2 is 1.94 bits per heavy atom. The number of aromatic amines is 1. The van der Waals surface area contributed by atoms with Crippen LogP contribution in [0.1, 0.15) is 30.0 Å². The van der Waals surface area contributed by atoms with Crippen LogP contribution in [0.5, 0.6) is 0 Å². The first-order valence-electron chi connectivity index (χ1n) is 9.98. The van der Waals surface area contributed by atoms with E-state index in [0.717, 1.165) is 18.0 Å². The van der Waals surface area contributed by atoms with Crippen molar-refractivity contribution >= 4 is 23.6 Å². The third kappa shape index (κ3) is 5.86. The number of carbonyl (C=O) groups is 2. The smallest absolute Gasteiger partial charge is 0.287 e. The molecule has 0 unspecified atom stereocenters. The summed E-state index contributed by atoms with van der Waals surface area (Å²) in [6.07, 6.45) is 0.809. The van der Waals surface area contributed by atoms with Gasteiger partial charge < -0.3 is 15.1 Å². The van der Waals surface area contributed by atoms with E-state index in [9.17, 15) is 23.2 Å². The Kier molecular flexibility index (Phi) is 7.64. The number of nitrogens with one attached hydrogen (secondary N) is 3. The number of hydrogen-bond acceptors (Lipinski definition) is 6. The van der Waals surface area contributed by atoms with Crippen LogP contribution in [-0.2, 0) is 10.5 Å². The normalized spacial score (nSPS) is 11.9. The molecule has 0 fully saturated rings. The molecule has 174 valence electrons. The molecule has 3 N–H and O–H groups in total. The highest BCUT2D eigenvalue weighted by Gasteiger charge is 2.25. The van der Waals surface area contributed by atoms with E-state index in [0.29, 0.717) is 11.1 Å². The highest BCUT2D eigenvalue weighted by molar-refractivity contribution is 7.98. The van der Waals surface area contributed by atoms with E-state index in [1.54, 1.807) is 26.0 Å². The first-order chi connectivity index (χ1) is 15.7. The third-order valence-corrected chi connectivity index (χ3v) is 5.68. The van der Waals surface area contributed by atoms with Crippen molar-refractivity contribution in [3.8, 4) is 11.3 Å². The van der Waals surface area contributed by atoms with Crippen molar-refractivity contribution in [2.24, 2.45) is 5.92 Å². The Hall–Kier alpha value is -3.47. The number of thioether (sulfide) groups is 1. The molecule has 1 aromatic carbocycles. The van der Waals surface area contributed by atoms with E-state index in [-0.39, 0.29) is 34.3 Å². The van der Waals surface area contributed by atoms with Gasteiger partial charge in [0.05, 0.1) is 6.20 Å². The topological polar surface area (TPSA) is 117 Å². The van der Waals surface area contributed by atoms with E-state index in [4.69, 9.17) is 4.42 Å². The minimum atomic E-state index is -0.991. The number of halogens is 2. The first kappa shape index (κ1) is 24.2. The van der Waals surface area contributed by atoms with Gasteiger partial charge in [-0.25, -0.2) is 9.37 Å². The average Bonchev–Trinajstić information content (AvgIpc) is 3.28. The van der Waals surface area contributed by atoms with E-state index < -0.39 is 29.1 Å². The van der Waals surface area contributed by atoms with Crippen molar-refractivity contribution in [2.45, 2.75) is 30.8 Å². The molecule has 2 heterocycles. The van der Waals surface area contributed by atoms with Crippen molar-refractivity contribution in [3.05, 3.63) is 69.8 Å². The molecule has 2 amide bonds. The molecule has 0 saturated heterocycles. The van der Waals surface area contributed by atoms with Crippen LogP contribution in [0.4, 0.5) is 8.78 Å². The molecule has 0 radical (unpaired) electrons. The van der Waals surface area contributed by atoms with E-state index in [1.165, 1.54) is 25.2 Å². The number of nitrogens with zero attached hydrogens (tertiary/aromatic N) is 1. The van der Waals surface area contributed by atoms with Crippen molar-refractivity contribution in [2.75, 3.05) is 7.05 Å². The number of benzene rings is 1. The van der Waals surface area contributed by atoms with Gasteiger partial charge in [-0.15, -0.1) is 0 Å². The summed E-state index contributed by atoms with van der Waals surface area (Å²) >= 11 is 1.05. The Labute approximate surface area is 192 Å². The van der Waals surface area contributed by atoms with Crippen LogP contribution in [0.15, 0.2) is 50.9 Å². The molecule has 33 heavy (non-hydrogen) atoms. The molecule has 3 aromatic rings. The zero-order valence-corrected chi connectivity index (χ0v) is 18.9. The lowest BCUT2D eigenvalue weighted by Gasteiger charge is -2.19. The van der Waals surface area contributed by atoms with Gasteiger partial charge in [0, 0.05) is 18.4 Å². The SMILES string of the molecule is CNC(=O)[C@@H](NC(=O)c1ccc(-c2ccc(CSc3ncc(F)c(=O)[nH]3)c(F)c2)o1)C(C)C.